The number of anilines is 1. The third-order valence-corrected chi connectivity index (χ3v) is 6.71. The molecular formula is C23H32N2O5S. The summed E-state index contributed by atoms with van der Waals surface area (Å²) in [6, 6.07) is 10.4. The van der Waals surface area contributed by atoms with Crippen molar-refractivity contribution >= 4 is 21.6 Å². The van der Waals surface area contributed by atoms with Crippen molar-refractivity contribution < 1.29 is 22.7 Å². The standard InChI is InChI=1S/C23H32N2O5S/c1-6-25(7-2)31(27,28)20-9-10-22(29-8-3)21(16-20)24-23(26)11-12-30-19-14-17(4)13-18(5)15-19/h9-10,13-16H,6-8,11-12H2,1-5H3,(H,24,26). The van der Waals surface area contributed by atoms with Crippen LogP contribution in [0.5, 0.6) is 11.5 Å². The van der Waals surface area contributed by atoms with Gasteiger partial charge in [0.1, 0.15) is 11.5 Å². The Morgan fingerprint density at radius 1 is 0.968 bits per heavy atom. The van der Waals surface area contributed by atoms with E-state index in [2.05, 4.69) is 5.32 Å². The average molecular weight is 449 g/mol. The lowest BCUT2D eigenvalue weighted by Gasteiger charge is -2.20. The van der Waals surface area contributed by atoms with Crippen molar-refractivity contribution in [1.29, 1.82) is 0 Å². The fourth-order valence-corrected chi connectivity index (χ4v) is 4.74. The number of rotatable bonds is 11. The van der Waals surface area contributed by atoms with Crippen LogP contribution in [0.15, 0.2) is 41.3 Å². The predicted octanol–water partition coefficient (Wildman–Crippen LogP) is 4.14. The number of nitrogens with zero attached hydrogens (tertiary/aromatic N) is 1. The Labute approximate surface area is 185 Å². The minimum absolute atomic E-state index is 0.112. The molecule has 0 spiro atoms. The molecule has 1 N–H and O–H groups in total. The SMILES string of the molecule is CCOc1ccc(S(=O)(=O)N(CC)CC)cc1NC(=O)CCOc1cc(C)cc(C)c1. The molecule has 170 valence electrons. The van der Waals surface area contributed by atoms with E-state index >= 15 is 0 Å². The lowest BCUT2D eigenvalue weighted by Crippen LogP contribution is -2.30. The summed E-state index contributed by atoms with van der Waals surface area (Å²) >= 11 is 0. The van der Waals surface area contributed by atoms with Crippen LogP contribution in [0.3, 0.4) is 0 Å². The first-order valence-electron chi connectivity index (χ1n) is 10.5. The molecule has 1 amide bonds. The van der Waals surface area contributed by atoms with Gasteiger partial charge in [-0.2, -0.15) is 4.31 Å². The second-order valence-corrected chi connectivity index (χ2v) is 9.09. The van der Waals surface area contributed by atoms with Crippen molar-refractivity contribution in [3.63, 3.8) is 0 Å². The van der Waals surface area contributed by atoms with Gasteiger partial charge >= 0.3 is 0 Å². The Morgan fingerprint density at radius 3 is 2.19 bits per heavy atom. The normalized spacial score (nSPS) is 11.4. The average Bonchev–Trinajstić information content (AvgIpc) is 2.69. The number of ether oxygens (including phenoxy) is 2. The summed E-state index contributed by atoms with van der Waals surface area (Å²) in [7, 11) is -3.65. The number of benzene rings is 2. The van der Waals surface area contributed by atoms with Gasteiger partial charge in [-0.1, -0.05) is 19.9 Å². The lowest BCUT2D eigenvalue weighted by atomic mass is 10.1. The molecule has 31 heavy (non-hydrogen) atoms. The third-order valence-electron chi connectivity index (χ3n) is 4.66. The molecule has 2 aromatic rings. The van der Waals surface area contributed by atoms with Gasteiger partial charge in [-0.25, -0.2) is 8.42 Å². The van der Waals surface area contributed by atoms with Crippen molar-refractivity contribution in [2.75, 3.05) is 31.6 Å². The summed E-state index contributed by atoms with van der Waals surface area (Å²) in [6.07, 6.45) is 0.117. The quantitative estimate of drug-likeness (QED) is 0.558. The van der Waals surface area contributed by atoms with Gasteiger partial charge in [-0.3, -0.25) is 4.79 Å². The van der Waals surface area contributed by atoms with E-state index in [-0.39, 0.29) is 23.8 Å². The van der Waals surface area contributed by atoms with Crippen LogP contribution in [-0.2, 0) is 14.8 Å². The molecule has 0 fully saturated rings. The molecule has 2 rings (SSSR count). The molecule has 0 bridgehead atoms. The Morgan fingerprint density at radius 2 is 1.61 bits per heavy atom. The highest BCUT2D eigenvalue weighted by Gasteiger charge is 2.23. The van der Waals surface area contributed by atoms with Gasteiger partial charge in [0.2, 0.25) is 15.9 Å². The number of sulfonamides is 1. The number of amides is 1. The van der Waals surface area contributed by atoms with Crippen LogP contribution >= 0.6 is 0 Å². The molecule has 2 aromatic carbocycles. The molecule has 0 heterocycles. The van der Waals surface area contributed by atoms with E-state index in [4.69, 9.17) is 9.47 Å². The summed E-state index contributed by atoms with van der Waals surface area (Å²) in [6.45, 7) is 10.7. The van der Waals surface area contributed by atoms with Crippen LogP contribution in [0, 0.1) is 13.8 Å². The number of carbonyl (C=O) groups is 1. The molecule has 0 saturated carbocycles. The Balaban J connectivity index is 2.13. The summed E-state index contributed by atoms with van der Waals surface area (Å²) in [5.41, 5.74) is 2.51. The van der Waals surface area contributed by atoms with E-state index in [9.17, 15) is 13.2 Å². The molecule has 0 aliphatic heterocycles. The number of nitrogens with one attached hydrogen (secondary N) is 1. The fraction of sp³-hybridized carbons (Fsp3) is 0.435. The molecule has 0 aliphatic rings. The maximum Gasteiger partial charge on any atom is 0.243 e. The van der Waals surface area contributed by atoms with Crippen LogP contribution in [0.4, 0.5) is 5.69 Å². The Bertz CT molecular complexity index is 981. The highest BCUT2D eigenvalue weighted by Crippen LogP contribution is 2.29. The molecule has 0 radical (unpaired) electrons. The fourth-order valence-electron chi connectivity index (χ4n) is 3.25. The van der Waals surface area contributed by atoms with Crippen LogP contribution in [0.2, 0.25) is 0 Å². The van der Waals surface area contributed by atoms with E-state index in [0.717, 1.165) is 11.1 Å². The number of aryl methyl sites for hydroxylation is 2. The monoisotopic (exact) mass is 448 g/mol. The molecule has 0 aliphatic carbocycles. The van der Waals surface area contributed by atoms with Gasteiger partial charge < -0.3 is 14.8 Å². The first-order chi connectivity index (χ1) is 14.7. The number of carbonyl (C=O) groups excluding carboxylic acids is 1. The summed E-state index contributed by atoms with van der Waals surface area (Å²) in [5.74, 6) is 0.847. The highest BCUT2D eigenvalue weighted by molar-refractivity contribution is 7.89. The zero-order valence-electron chi connectivity index (χ0n) is 18.9. The zero-order chi connectivity index (χ0) is 23.0. The van der Waals surface area contributed by atoms with E-state index in [1.165, 1.54) is 16.4 Å². The largest absolute Gasteiger partial charge is 0.493 e. The maximum atomic E-state index is 12.8. The Kier molecular flexibility index (Phi) is 8.88. The topological polar surface area (TPSA) is 84.9 Å². The molecule has 0 aromatic heterocycles. The smallest absolute Gasteiger partial charge is 0.243 e. The van der Waals surface area contributed by atoms with Crippen molar-refractivity contribution in [3.8, 4) is 11.5 Å². The maximum absolute atomic E-state index is 12.8. The third kappa shape index (κ3) is 6.70. The van der Waals surface area contributed by atoms with Crippen molar-refractivity contribution in [2.45, 2.75) is 45.9 Å². The molecular weight excluding hydrogens is 416 g/mol. The van der Waals surface area contributed by atoms with E-state index in [0.29, 0.717) is 36.9 Å². The van der Waals surface area contributed by atoms with Crippen LogP contribution < -0.4 is 14.8 Å². The first kappa shape index (κ1) is 24.7. The van der Waals surface area contributed by atoms with Crippen molar-refractivity contribution in [2.24, 2.45) is 0 Å². The summed E-state index contributed by atoms with van der Waals surface area (Å²) in [4.78, 5) is 12.6. The van der Waals surface area contributed by atoms with Crippen LogP contribution in [-0.4, -0.2) is 44.9 Å². The highest BCUT2D eigenvalue weighted by atomic mass is 32.2. The van der Waals surface area contributed by atoms with Gasteiger partial charge in [-0.05, 0) is 62.2 Å². The number of hydrogen-bond donors (Lipinski definition) is 1. The molecule has 7 nitrogen and oxygen atoms in total. The van der Waals surface area contributed by atoms with Crippen LogP contribution in [0.25, 0.3) is 0 Å². The van der Waals surface area contributed by atoms with Gasteiger partial charge in [0.25, 0.3) is 0 Å². The summed E-state index contributed by atoms with van der Waals surface area (Å²) in [5, 5.41) is 2.76. The lowest BCUT2D eigenvalue weighted by molar-refractivity contribution is -0.116. The molecule has 0 atom stereocenters. The van der Waals surface area contributed by atoms with E-state index in [1.807, 2.05) is 39.0 Å². The van der Waals surface area contributed by atoms with Crippen LogP contribution in [0.1, 0.15) is 38.3 Å². The second-order valence-electron chi connectivity index (χ2n) is 7.15. The van der Waals surface area contributed by atoms with Gasteiger partial charge in [0.05, 0.1) is 30.2 Å². The Hall–Kier alpha value is -2.58. The van der Waals surface area contributed by atoms with E-state index in [1.54, 1.807) is 19.9 Å². The zero-order valence-corrected chi connectivity index (χ0v) is 19.7. The predicted molar refractivity (Wildman–Crippen MR) is 122 cm³/mol. The first-order valence-corrected chi connectivity index (χ1v) is 11.9. The van der Waals surface area contributed by atoms with Gasteiger partial charge in [-0.15, -0.1) is 0 Å². The van der Waals surface area contributed by atoms with E-state index < -0.39 is 10.0 Å². The molecule has 0 unspecified atom stereocenters. The minimum atomic E-state index is -3.65. The van der Waals surface area contributed by atoms with Crippen molar-refractivity contribution in [3.05, 3.63) is 47.5 Å². The molecule has 0 saturated heterocycles. The minimum Gasteiger partial charge on any atom is -0.493 e. The van der Waals surface area contributed by atoms with Crippen molar-refractivity contribution in [1.82, 2.24) is 4.31 Å². The molecule has 8 heteroatoms. The summed E-state index contributed by atoms with van der Waals surface area (Å²) < 4.78 is 38.3. The van der Waals surface area contributed by atoms with Gasteiger partial charge in [0.15, 0.2) is 0 Å². The number of hydrogen-bond acceptors (Lipinski definition) is 5. The second kappa shape index (κ2) is 11.2. The van der Waals surface area contributed by atoms with Gasteiger partial charge in [0, 0.05) is 13.1 Å².